The number of hydrogen-bond acceptors (Lipinski definition) is 2. The number of furan rings is 1. The third kappa shape index (κ3) is 3.03. The normalized spacial score (nSPS) is 24.3. The summed E-state index contributed by atoms with van der Waals surface area (Å²) in [5.41, 5.74) is 0. The third-order valence-electron chi connectivity index (χ3n) is 3.84. The summed E-state index contributed by atoms with van der Waals surface area (Å²) in [4.78, 5) is 14.0. The van der Waals surface area contributed by atoms with Gasteiger partial charge in [0, 0.05) is 19.2 Å². The predicted molar refractivity (Wildman–Crippen MR) is 71.9 cm³/mol. The number of likely N-dealkylation sites (N-methyl/N-ethyl adjacent to an activating group) is 1. The zero-order valence-corrected chi connectivity index (χ0v) is 11.1. The second-order valence-corrected chi connectivity index (χ2v) is 5.13. The smallest absolute Gasteiger partial charge is 0.246 e. The number of carbonyl (C=O) groups excluding carboxylic acids is 1. The Balaban J connectivity index is 1.95. The fourth-order valence-corrected chi connectivity index (χ4v) is 2.69. The molecule has 2 rings (SSSR count). The molecule has 1 fully saturated rings. The SMILES string of the molecule is CC1CCCCC1N(C)C(=O)/C=C/c1ccco1. The van der Waals surface area contributed by atoms with Crippen molar-refractivity contribution in [2.45, 2.75) is 38.6 Å². The van der Waals surface area contributed by atoms with Gasteiger partial charge in [-0.2, -0.15) is 0 Å². The van der Waals surface area contributed by atoms with Gasteiger partial charge in [0.2, 0.25) is 5.91 Å². The van der Waals surface area contributed by atoms with Crippen molar-refractivity contribution in [2.75, 3.05) is 7.05 Å². The number of amides is 1. The van der Waals surface area contributed by atoms with E-state index in [1.807, 2.05) is 24.1 Å². The molecule has 98 valence electrons. The Morgan fingerprint density at radius 1 is 1.44 bits per heavy atom. The van der Waals surface area contributed by atoms with Crippen LogP contribution in [0.5, 0.6) is 0 Å². The molecule has 2 unspecified atom stereocenters. The topological polar surface area (TPSA) is 33.5 Å². The summed E-state index contributed by atoms with van der Waals surface area (Å²) in [6, 6.07) is 4.04. The average molecular weight is 247 g/mol. The minimum absolute atomic E-state index is 0.0603. The molecule has 1 aliphatic rings. The average Bonchev–Trinajstić information content (AvgIpc) is 2.89. The van der Waals surface area contributed by atoms with E-state index in [-0.39, 0.29) is 5.91 Å². The van der Waals surface area contributed by atoms with Crippen molar-refractivity contribution in [1.82, 2.24) is 4.90 Å². The highest BCUT2D eigenvalue weighted by Gasteiger charge is 2.26. The van der Waals surface area contributed by atoms with Crippen LogP contribution < -0.4 is 0 Å². The van der Waals surface area contributed by atoms with E-state index in [9.17, 15) is 4.79 Å². The van der Waals surface area contributed by atoms with Gasteiger partial charge in [0.25, 0.3) is 0 Å². The standard InChI is InChI=1S/C15H21NO2/c1-12-6-3-4-8-14(12)16(2)15(17)10-9-13-7-5-11-18-13/h5,7,9-12,14H,3-4,6,8H2,1-2H3/b10-9+. The molecule has 0 bridgehead atoms. The van der Waals surface area contributed by atoms with E-state index < -0.39 is 0 Å². The number of carbonyl (C=O) groups is 1. The van der Waals surface area contributed by atoms with Crippen LogP contribution in [0.2, 0.25) is 0 Å². The molecule has 0 spiro atoms. The summed E-state index contributed by atoms with van der Waals surface area (Å²) < 4.78 is 5.17. The second-order valence-electron chi connectivity index (χ2n) is 5.13. The Bertz CT molecular complexity index is 408. The van der Waals surface area contributed by atoms with Gasteiger partial charge < -0.3 is 9.32 Å². The van der Waals surface area contributed by atoms with E-state index in [0.29, 0.717) is 17.7 Å². The summed E-state index contributed by atoms with van der Waals surface area (Å²) in [7, 11) is 1.90. The van der Waals surface area contributed by atoms with E-state index >= 15 is 0 Å². The largest absolute Gasteiger partial charge is 0.465 e. The zero-order valence-electron chi connectivity index (χ0n) is 11.1. The Morgan fingerprint density at radius 2 is 2.22 bits per heavy atom. The van der Waals surface area contributed by atoms with Gasteiger partial charge in [-0.15, -0.1) is 0 Å². The van der Waals surface area contributed by atoms with Gasteiger partial charge in [-0.05, 0) is 37.0 Å². The summed E-state index contributed by atoms with van der Waals surface area (Å²) in [5, 5.41) is 0. The molecule has 18 heavy (non-hydrogen) atoms. The maximum Gasteiger partial charge on any atom is 0.246 e. The molecule has 2 atom stereocenters. The summed E-state index contributed by atoms with van der Waals surface area (Å²) in [5.74, 6) is 1.38. The minimum atomic E-state index is 0.0603. The highest BCUT2D eigenvalue weighted by atomic mass is 16.3. The molecule has 1 heterocycles. The Hall–Kier alpha value is -1.51. The first kappa shape index (κ1) is 12.9. The maximum absolute atomic E-state index is 12.1. The molecule has 3 nitrogen and oxygen atoms in total. The van der Waals surface area contributed by atoms with Gasteiger partial charge >= 0.3 is 0 Å². The van der Waals surface area contributed by atoms with Gasteiger partial charge in [-0.1, -0.05) is 19.8 Å². The van der Waals surface area contributed by atoms with Gasteiger partial charge in [0.1, 0.15) is 5.76 Å². The van der Waals surface area contributed by atoms with Crippen LogP contribution in [-0.2, 0) is 4.79 Å². The lowest BCUT2D eigenvalue weighted by Crippen LogP contribution is -2.41. The van der Waals surface area contributed by atoms with Crippen molar-refractivity contribution in [2.24, 2.45) is 5.92 Å². The molecule has 3 heteroatoms. The van der Waals surface area contributed by atoms with E-state index in [0.717, 1.165) is 6.42 Å². The van der Waals surface area contributed by atoms with Gasteiger partial charge in [0.15, 0.2) is 0 Å². The van der Waals surface area contributed by atoms with Crippen molar-refractivity contribution in [3.63, 3.8) is 0 Å². The lowest BCUT2D eigenvalue weighted by Gasteiger charge is -2.35. The van der Waals surface area contributed by atoms with Crippen molar-refractivity contribution < 1.29 is 9.21 Å². The van der Waals surface area contributed by atoms with Crippen molar-refractivity contribution in [3.8, 4) is 0 Å². The molecule has 1 aromatic heterocycles. The molecule has 0 aliphatic heterocycles. The van der Waals surface area contributed by atoms with E-state index in [2.05, 4.69) is 6.92 Å². The first-order valence-corrected chi connectivity index (χ1v) is 6.67. The Morgan fingerprint density at radius 3 is 2.89 bits per heavy atom. The molecule has 0 radical (unpaired) electrons. The molecular weight excluding hydrogens is 226 g/mol. The highest BCUT2D eigenvalue weighted by Crippen LogP contribution is 2.27. The van der Waals surface area contributed by atoms with Crippen LogP contribution in [0.1, 0.15) is 38.4 Å². The van der Waals surface area contributed by atoms with Crippen LogP contribution in [0.3, 0.4) is 0 Å². The molecule has 0 N–H and O–H groups in total. The van der Waals surface area contributed by atoms with Crippen LogP contribution in [0, 0.1) is 5.92 Å². The van der Waals surface area contributed by atoms with Crippen LogP contribution in [0.25, 0.3) is 6.08 Å². The van der Waals surface area contributed by atoms with Gasteiger partial charge in [-0.3, -0.25) is 4.79 Å². The molecule has 1 saturated carbocycles. The molecule has 0 aromatic carbocycles. The number of rotatable bonds is 3. The fourth-order valence-electron chi connectivity index (χ4n) is 2.69. The number of nitrogens with zero attached hydrogens (tertiary/aromatic N) is 1. The molecule has 1 amide bonds. The van der Waals surface area contributed by atoms with E-state index in [1.54, 1.807) is 18.4 Å². The van der Waals surface area contributed by atoms with Crippen molar-refractivity contribution >= 4 is 12.0 Å². The minimum Gasteiger partial charge on any atom is -0.465 e. The van der Waals surface area contributed by atoms with Crippen molar-refractivity contribution in [3.05, 3.63) is 30.2 Å². The first-order valence-electron chi connectivity index (χ1n) is 6.67. The zero-order chi connectivity index (χ0) is 13.0. The summed E-state index contributed by atoms with van der Waals surface area (Å²) in [6.07, 6.45) is 9.81. The molecule has 1 aromatic rings. The molecular formula is C15H21NO2. The first-order chi connectivity index (χ1) is 8.68. The monoisotopic (exact) mass is 247 g/mol. The second kappa shape index (κ2) is 5.89. The van der Waals surface area contributed by atoms with Crippen molar-refractivity contribution in [1.29, 1.82) is 0 Å². The quantitative estimate of drug-likeness (QED) is 0.768. The lowest BCUT2D eigenvalue weighted by atomic mass is 9.85. The van der Waals surface area contributed by atoms with Crippen LogP contribution in [0.15, 0.2) is 28.9 Å². The van der Waals surface area contributed by atoms with Crippen LogP contribution in [0.4, 0.5) is 0 Å². The molecule has 1 aliphatic carbocycles. The third-order valence-corrected chi connectivity index (χ3v) is 3.84. The highest BCUT2D eigenvalue weighted by molar-refractivity contribution is 5.91. The van der Waals surface area contributed by atoms with Crippen LogP contribution >= 0.6 is 0 Å². The maximum atomic E-state index is 12.1. The fraction of sp³-hybridized carbons (Fsp3) is 0.533. The van der Waals surface area contributed by atoms with Crippen LogP contribution in [-0.4, -0.2) is 23.9 Å². The molecule has 0 saturated heterocycles. The summed E-state index contributed by atoms with van der Waals surface area (Å²) >= 11 is 0. The van der Waals surface area contributed by atoms with Gasteiger partial charge in [-0.25, -0.2) is 0 Å². The summed E-state index contributed by atoms with van der Waals surface area (Å²) in [6.45, 7) is 2.24. The predicted octanol–water partition coefficient (Wildman–Crippen LogP) is 3.33. The Kier molecular flexibility index (Phi) is 4.24. The Labute approximate surface area is 108 Å². The number of hydrogen-bond donors (Lipinski definition) is 0. The van der Waals surface area contributed by atoms with E-state index in [1.165, 1.54) is 19.3 Å². The lowest BCUT2D eigenvalue weighted by molar-refractivity contribution is -0.128. The van der Waals surface area contributed by atoms with Gasteiger partial charge in [0.05, 0.1) is 6.26 Å². The van der Waals surface area contributed by atoms with E-state index in [4.69, 9.17) is 4.42 Å².